The van der Waals surface area contributed by atoms with Gasteiger partial charge in [-0.05, 0) is 24.5 Å². The lowest BCUT2D eigenvalue weighted by molar-refractivity contribution is -0.127. The number of piperidine rings is 1. The normalized spacial score (nSPS) is 23.1. The molecule has 2 unspecified atom stereocenters. The molecular formula is C15H19F3N2O. The summed E-state index contributed by atoms with van der Waals surface area (Å²) in [5, 5.41) is 2.51. The molecule has 0 bridgehead atoms. The molecule has 0 spiro atoms. The van der Waals surface area contributed by atoms with Crippen molar-refractivity contribution in [3.05, 3.63) is 35.9 Å². The van der Waals surface area contributed by atoms with Gasteiger partial charge < -0.3 is 10.2 Å². The molecule has 6 heteroatoms. The number of hydrogen-bond donors (Lipinski definition) is 1. The second-order valence-electron chi connectivity index (χ2n) is 5.61. The summed E-state index contributed by atoms with van der Waals surface area (Å²) in [6.07, 6.45) is -3.58. The molecule has 1 saturated heterocycles. The van der Waals surface area contributed by atoms with E-state index >= 15 is 0 Å². The Hall–Kier alpha value is -1.56. The minimum absolute atomic E-state index is 0.124. The predicted octanol–water partition coefficient (Wildman–Crippen LogP) is 2.69. The molecule has 1 aliphatic heterocycles. The van der Waals surface area contributed by atoms with Gasteiger partial charge in [-0.15, -0.1) is 0 Å². The van der Waals surface area contributed by atoms with Gasteiger partial charge >= 0.3 is 6.18 Å². The molecule has 1 aliphatic rings. The van der Waals surface area contributed by atoms with Crippen molar-refractivity contribution >= 4 is 5.91 Å². The lowest BCUT2D eigenvalue weighted by Crippen LogP contribution is -2.52. The highest BCUT2D eigenvalue weighted by Gasteiger charge is 2.32. The van der Waals surface area contributed by atoms with Gasteiger partial charge in [0.2, 0.25) is 0 Å². The Morgan fingerprint density at radius 1 is 1.29 bits per heavy atom. The van der Waals surface area contributed by atoms with Crippen molar-refractivity contribution < 1.29 is 18.0 Å². The van der Waals surface area contributed by atoms with Crippen LogP contribution >= 0.6 is 0 Å². The van der Waals surface area contributed by atoms with Gasteiger partial charge in [-0.25, -0.2) is 0 Å². The molecule has 1 aromatic carbocycles. The maximum Gasteiger partial charge on any atom is 0.401 e. The van der Waals surface area contributed by atoms with Gasteiger partial charge in [0.1, 0.15) is 0 Å². The van der Waals surface area contributed by atoms with Crippen LogP contribution in [0.2, 0.25) is 0 Å². The van der Waals surface area contributed by atoms with Gasteiger partial charge in [-0.1, -0.05) is 25.1 Å². The number of nitrogens with one attached hydrogen (secondary N) is 1. The van der Waals surface area contributed by atoms with Crippen LogP contribution in [0.3, 0.4) is 0 Å². The maximum absolute atomic E-state index is 12.4. The van der Waals surface area contributed by atoms with Crippen molar-refractivity contribution in [1.29, 1.82) is 0 Å². The molecule has 3 nitrogen and oxygen atoms in total. The van der Waals surface area contributed by atoms with E-state index in [-0.39, 0.29) is 17.9 Å². The number of hydrogen-bond acceptors (Lipinski definition) is 2. The van der Waals surface area contributed by atoms with Crippen molar-refractivity contribution in [2.75, 3.05) is 19.6 Å². The maximum atomic E-state index is 12.4. The van der Waals surface area contributed by atoms with Crippen molar-refractivity contribution in [2.45, 2.75) is 25.6 Å². The van der Waals surface area contributed by atoms with Crippen LogP contribution in [-0.2, 0) is 0 Å². The summed E-state index contributed by atoms with van der Waals surface area (Å²) < 4.78 is 36.9. The lowest BCUT2D eigenvalue weighted by Gasteiger charge is -2.37. The van der Waals surface area contributed by atoms with E-state index in [9.17, 15) is 18.0 Å². The zero-order chi connectivity index (χ0) is 15.5. The largest absolute Gasteiger partial charge is 0.401 e. The average Bonchev–Trinajstić information content (AvgIpc) is 2.44. The van der Waals surface area contributed by atoms with Gasteiger partial charge in [-0.3, -0.25) is 4.79 Å². The van der Waals surface area contributed by atoms with Crippen LogP contribution < -0.4 is 5.32 Å². The third-order valence-corrected chi connectivity index (χ3v) is 3.56. The molecule has 1 N–H and O–H groups in total. The van der Waals surface area contributed by atoms with Crippen molar-refractivity contribution in [1.82, 2.24) is 10.2 Å². The third-order valence-electron chi connectivity index (χ3n) is 3.56. The van der Waals surface area contributed by atoms with E-state index in [4.69, 9.17) is 0 Å². The molecule has 2 rings (SSSR count). The minimum Gasteiger partial charge on any atom is -0.337 e. The Bertz CT molecular complexity index is 476. The molecular weight excluding hydrogens is 281 g/mol. The molecule has 0 saturated carbocycles. The third kappa shape index (κ3) is 4.74. The molecule has 1 heterocycles. The monoisotopic (exact) mass is 300 g/mol. The zero-order valence-corrected chi connectivity index (χ0v) is 11.9. The molecule has 1 aromatic rings. The molecule has 1 amide bonds. The van der Waals surface area contributed by atoms with Crippen LogP contribution in [0.15, 0.2) is 30.3 Å². The smallest absolute Gasteiger partial charge is 0.337 e. The van der Waals surface area contributed by atoms with Crippen LogP contribution in [0.1, 0.15) is 23.7 Å². The van der Waals surface area contributed by atoms with Gasteiger partial charge in [0.25, 0.3) is 5.91 Å². The first-order valence-corrected chi connectivity index (χ1v) is 6.99. The minimum atomic E-state index is -4.23. The average molecular weight is 300 g/mol. The van der Waals surface area contributed by atoms with E-state index in [0.717, 1.165) is 0 Å². The highest BCUT2D eigenvalue weighted by atomic mass is 19.4. The molecule has 0 aliphatic carbocycles. The van der Waals surface area contributed by atoms with Gasteiger partial charge in [0, 0.05) is 24.7 Å². The van der Waals surface area contributed by atoms with Crippen LogP contribution in [0.25, 0.3) is 0 Å². The molecule has 2 atom stereocenters. The first-order chi connectivity index (χ1) is 9.85. The predicted molar refractivity (Wildman–Crippen MR) is 74.0 cm³/mol. The van der Waals surface area contributed by atoms with Gasteiger partial charge in [-0.2, -0.15) is 13.2 Å². The van der Waals surface area contributed by atoms with E-state index in [1.165, 1.54) is 0 Å². The second-order valence-corrected chi connectivity index (χ2v) is 5.61. The summed E-state index contributed by atoms with van der Waals surface area (Å²) in [7, 11) is 0. The van der Waals surface area contributed by atoms with Crippen LogP contribution in [0.5, 0.6) is 0 Å². The molecule has 21 heavy (non-hydrogen) atoms. The van der Waals surface area contributed by atoms with Crippen molar-refractivity contribution in [3.8, 4) is 0 Å². The second kappa shape index (κ2) is 6.47. The van der Waals surface area contributed by atoms with Crippen LogP contribution in [0.4, 0.5) is 13.2 Å². The van der Waals surface area contributed by atoms with E-state index in [1.807, 2.05) is 13.0 Å². The molecule has 116 valence electrons. The van der Waals surface area contributed by atoms with Crippen molar-refractivity contribution in [2.24, 2.45) is 5.92 Å². The SMILES string of the molecule is CC1CC(NCC(F)(F)F)CN(C(=O)c2ccccc2)C1. The van der Waals surface area contributed by atoms with Gasteiger partial charge in [0.05, 0.1) is 6.54 Å². The fraction of sp³-hybridized carbons (Fsp3) is 0.533. The lowest BCUT2D eigenvalue weighted by atomic mass is 9.95. The Labute approximate surface area is 122 Å². The fourth-order valence-corrected chi connectivity index (χ4v) is 2.69. The number of benzene rings is 1. The zero-order valence-electron chi connectivity index (χ0n) is 11.9. The molecule has 1 fully saturated rings. The summed E-state index contributed by atoms with van der Waals surface area (Å²) in [4.78, 5) is 14.0. The molecule has 0 radical (unpaired) electrons. The molecule has 0 aromatic heterocycles. The summed E-state index contributed by atoms with van der Waals surface area (Å²) in [6.45, 7) is 1.83. The summed E-state index contributed by atoms with van der Waals surface area (Å²) in [5.74, 6) is 0.0538. The standard InChI is InChI=1S/C15H19F3N2O/c1-11-7-13(19-10-15(16,17)18)9-20(8-11)14(21)12-5-3-2-4-6-12/h2-6,11,13,19H,7-10H2,1H3. The van der Waals surface area contributed by atoms with E-state index in [0.29, 0.717) is 25.1 Å². The first-order valence-electron chi connectivity index (χ1n) is 6.99. The summed E-state index contributed by atoms with van der Waals surface area (Å²) >= 11 is 0. The Kier molecular flexibility index (Phi) is 4.88. The summed E-state index contributed by atoms with van der Waals surface area (Å²) in [5.41, 5.74) is 0.571. The number of rotatable bonds is 3. The van der Waals surface area contributed by atoms with Gasteiger partial charge in [0.15, 0.2) is 0 Å². The quantitative estimate of drug-likeness (QED) is 0.931. The highest BCUT2D eigenvalue weighted by Crippen LogP contribution is 2.20. The number of carbonyl (C=O) groups excluding carboxylic acids is 1. The number of nitrogens with zero attached hydrogens (tertiary/aromatic N) is 1. The Balaban J connectivity index is 1.99. The number of carbonyl (C=O) groups is 1. The fourth-order valence-electron chi connectivity index (χ4n) is 2.69. The number of amides is 1. The topological polar surface area (TPSA) is 32.3 Å². The first kappa shape index (κ1) is 15.8. The van der Waals surface area contributed by atoms with E-state index < -0.39 is 12.7 Å². The van der Waals surface area contributed by atoms with E-state index in [1.54, 1.807) is 29.2 Å². The number of alkyl halides is 3. The van der Waals surface area contributed by atoms with E-state index in [2.05, 4.69) is 5.32 Å². The Morgan fingerprint density at radius 2 is 1.95 bits per heavy atom. The van der Waals surface area contributed by atoms with Crippen LogP contribution in [-0.4, -0.2) is 42.7 Å². The number of halogens is 3. The summed E-state index contributed by atoms with van der Waals surface area (Å²) in [6, 6.07) is 8.51. The Morgan fingerprint density at radius 3 is 2.57 bits per heavy atom. The van der Waals surface area contributed by atoms with Crippen LogP contribution in [0, 0.1) is 5.92 Å². The highest BCUT2D eigenvalue weighted by molar-refractivity contribution is 5.94. The number of likely N-dealkylation sites (tertiary alicyclic amines) is 1. The van der Waals surface area contributed by atoms with Crippen molar-refractivity contribution in [3.63, 3.8) is 0 Å².